The third kappa shape index (κ3) is 6.28. The summed E-state index contributed by atoms with van der Waals surface area (Å²) in [5, 5.41) is 19.5. The number of aryl methyl sites for hydroxylation is 1. The monoisotopic (exact) mass is 568 g/mol. The highest BCUT2D eigenvalue weighted by Gasteiger charge is 2.62. The molecule has 2 rings (SSSR count). The van der Waals surface area contributed by atoms with E-state index >= 15 is 0 Å². The highest BCUT2D eigenvalue weighted by molar-refractivity contribution is 7.80. The number of rotatable bonds is 12. The zero-order valence-corrected chi connectivity index (χ0v) is 23.7. The fourth-order valence-electron chi connectivity index (χ4n) is 4.73. The van der Waals surface area contributed by atoms with E-state index in [1.54, 1.807) is 13.8 Å². The molecule has 1 aliphatic rings. The van der Waals surface area contributed by atoms with Gasteiger partial charge in [0.25, 0.3) is 5.17 Å². The average molecular weight is 569 g/mol. The minimum atomic E-state index is -2.66. The van der Waals surface area contributed by atoms with Crippen molar-refractivity contribution in [3.63, 3.8) is 0 Å². The van der Waals surface area contributed by atoms with Crippen LogP contribution in [0.5, 0.6) is 6.01 Å². The number of ketones is 3. The second kappa shape index (κ2) is 12.7. The molecule has 2 heterocycles. The highest BCUT2D eigenvalue weighted by atomic mass is 32.1. The molecule has 0 spiro atoms. The summed E-state index contributed by atoms with van der Waals surface area (Å²) in [4.78, 5) is 69.2. The third-order valence-electron chi connectivity index (χ3n) is 6.47. The van der Waals surface area contributed by atoms with Gasteiger partial charge in [-0.1, -0.05) is 12.0 Å². The van der Waals surface area contributed by atoms with Crippen molar-refractivity contribution < 1.29 is 33.8 Å². The molecule has 15 nitrogen and oxygen atoms in total. The summed E-state index contributed by atoms with van der Waals surface area (Å²) in [5.41, 5.74) is 9.35. The van der Waals surface area contributed by atoms with E-state index in [-0.39, 0.29) is 19.0 Å². The van der Waals surface area contributed by atoms with Gasteiger partial charge in [0.1, 0.15) is 0 Å². The molecule has 0 radical (unpaired) electrons. The summed E-state index contributed by atoms with van der Waals surface area (Å²) in [6, 6.07) is -4.86. The Balaban J connectivity index is 2.75. The SMILES string of the molecule is CC(CC(=O)O)C(=O)N1CCC[C@H]1C(=O)C(C(=O)[C@H](C)N)(C(=O)[C@H](C)N)N(C(=S)Oc1nnnn1C)C(C)C. The molecule has 1 aromatic heterocycles. The molecule has 0 saturated carbocycles. The van der Waals surface area contributed by atoms with Crippen LogP contribution in [0.2, 0.25) is 0 Å². The molecule has 1 aliphatic heterocycles. The standard InChI is InChI=1S/C23H36N8O7S/c1-11(2)31(22(39)38-21-26-27-28-29(21)6)23(17(34)13(4)24,18(35)14(5)25)19(36)15-8-7-9-30(15)20(37)12(3)10-16(32)33/h11-15H,7-10,24-25H2,1-6H3,(H,32,33)/t12?,13-,14-,15-/m0/s1. The lowest BCUT2D eigenvalue weighted by Gasteiger charge is -2.46. The number of amides is 1. The van der Waals surface area contributed by atoms with Crippen LogP contribution in [0.15, 0.2) is 0 Å². The number of Topliss-reactive ketones (excluding diaryl/α,β-unsaturated/α-hetero) is 3. The third-order valence-corrected chi connectivity index (χ3v) is 6.75. The Morgan fingerprint density at radius 3 is 2.13 bits per heavy atom. The zero-order valence-electron chi connectivity index (χ0n) is 22.9. The van der Waals surface area contributed by atoms with Crippen LogP contribution in [0.25, 0.3) is 0 Å². The van der Waals surface area contributed by atoms with Crippen LogP contribution in [0, 0.1) is 5.92 Å². The van der Waals surface area contributed by atoms with Crippen molar-refractivity contribution in [2.75, 3.05) is 6.54 Å². The first-order chi connectivity index (χ1) is 18.1. The highest BCUT2D eigenvalue weighted by Crippen LogP contribution is 2.33. The summed E-state index contributed by atoms with van der Waals surface area (Å²) in [5.74, 6) is -5.64. The van der Waals surface area contributed by atoms with Crippen LogP contribution >= 0.6 is 12.2 Å². The van der Waals surface area contributed by atoms with E-state index in [2.05, 4.69) is 15.5 Å². The van der Waals surface area contributed by atoms with E-state index in [1.807, 2.05) is 0 Å². The fraction of sp³-hybridized carbons (Fsp3) is 0.696. The Morgan fingerprint density at radius 2 is 1.69 bits per heavy atom. The van der Waals surface area contributed by atoms with E-state index in [1.165, 1.54) is 32.7 Å². The number of carbonyl (C=O) groups excluding carboxylic acids is 4. The quantitative estimate of drug-likeness (QED) is 0.200. The summed E-state index contributed by atoms with van der Waals surface area (Å²) in [7, 11) is 1.47. The van der Waals surface area contributed by atoms with E-state index in [0.29, 0.717) is 6.42 Å². The second-order valence-electron chi connectivity index (χ2n) is 9.99. The maximum Gasteiger partial charge on any atom is 0.342 e. The minimum absolute atomic E-state index is 0.122. The van der Waals surface area contributed by atoms with Crippen LogP contribution in [0.1, 0.15) is 53.9 Å². The topological polar surface area (TPSA) is 217 Å². The van der Waals surface area contributed by atoms with Crippen LogP contribution in [0.4, 0.5) is 0 Å². The number of ether oxygens (including phenoxy) is 1. The van der Waals surface area contributed by atoms with Crippen molar-refractivity contribution in [1.82, 2.24) is 30.0 Å². The van der Waals surface area contributed by atoms with E-state index < -0.39 is 76.4 Å². The Morgan fingerprint density at radius 1 is 1.13 bits per heavy atom. The number of hydrogen-bond donors (Lipinski definition) is 3. The summed E-state index contributed by atoms with van der Waals surface area (Å²) >= 11 is 5.49. The summed E-state index contributed by atoms with van der Waals surface area (Å²) < 4.78 is 6.79. The molecule has 0 bridgehead atoms. The van der Waals surface area contributed by atoms with Crippen molar-refractivity contribution in [2.45, 2.75) is 83.6 Å². The molecule has 1 saturated heterocycles. The Kier molecular flexibility index (Phi) is 10.3. The summed E-state index contributed by atoms with van der Waals surface area (Å²) in [6.45, 7) is 7.37. The van der Waals surface area contributed by atoms with Crippen molar-refractivity contribution in [1.29, 1.82) is 0 Å². The number of thiocarbonyl (C=S) groups is 1. The smallest absolute Gasteiger partial charge is 0.342 e. The van der Waals surface area contributed by atoms with E-state index in [4.69, 9.17) is 33.5 Å². The van der Waals surface area contributed by atoms with Gasteiger partial charge in [-0.2, -0.15) is 4.68 Å². The summed E-state index contributed by atoms with van der Waals surface area (Å²) in [6.07, 6.45) is 0.0437. The maximum atomic E-state index is 14.6. The number of carboxylic acids is 1. The molecule has 1 unspecified atom stereocenters. The van der Waals surface area contributed by atoms with Crippen LogP contribution in [-0.4, -0.2) is 106 Å². The number of nitrogens with zero attached hydrogens (tertiary/aromatic N) is 6. The molecule has 216 valence electrons. The number of carbonyl (C=O) groups is 5. The molecule has 0 aromatic carbocycles. The molecule has 0 aliphatic carbocycles. The van der Waals surface area contributed by atoms with Crippen LogP contribution < -0.4 is 16.2 Å². The average Bonchev–Trinajstić information content (AvgIpc) is 3.48. The van der Waals surface area contributed by atoms with Gasteiger partial charge in [0.15, 0.2) is 17.3 Å². The van der Waals surface area contributed by atoms with Gasteiger partial charge in [0.2, 0.25) is 11.4 Å². The van der Waals surface area contributed by atoms with Crippen molar-refractivity contribution >= 4 is 46.6 Å². The number of hydrogen-bond acceptors (Lipinski definition) is 12. The van der Waals surface area contributed by atoms with Gasteiger partial charge in [-0.15, -0.1) is 0 Å². The van der Waals surface area contributed by atoms with Crippen molar-refractivity contribution in [3.05, 3.63) is 0 Å². The fourth-order valence-corrected chi connectivity index (χ4v) is 5.15. The molecule has 5 N–H and O–H groups in total. The molecule has 1 amide bonds. The first-order valence-electron chi connectivity index (χ1n) is 12.5. The zero-order chi connectivity index (χ0) is 29.8. The van der Waals surface area contributed by atoms with Gasteiger partial charge < -0.3 is 31.1 Å². The van der Waals surface area contributed by atoms with E-state index in [0.717, 1.165) is 9.58 Å². The number of tetrazole rings is 1. The molecule has 4 atom stereocenters. The molecular weight excluding hydrogens is 532 g/mol. The number of aromatic nitrogens is 4. The first-order valence-corrected chi connectivity index (χ1v) is 12.9. The van der Waals surface area contributed by atoms with Crippen molar-refractivity contribution in [2.24, 2.45) is 24.4 Å². The Hall–Kier alpha value is -3.37. The molecule has 39 heavy (non-hydrogen) atoms. The minimum Gasteiger partial charge on any atom is -0.481 e. The van der Waals surface area contributed by atoms with E-state index in [9.17, 15) is 24.0 Å². The van der Waals surface area contributed by atoms with Gasteiger partial charge in [-0.3, -0.25) is 24.0 Å². The lowest BCUT2D eigenvalue weighted by atomic mass is 9.74. The predicted molar refractivity (Wildman–Crippen MR) is 140 cm³/mol. The maximum absolute atomic E-state index is 14.6. The van der Waals surface area contributed by atoms with Crippen LogP contribution in [-0.2, 0) is 31.0 Å². The Bertz CT molecular complexity index is 1120. The molecule has 1 aromatic rings. The normalized spacial score (nSPS) is 17.9. The molecular formula is C23H36N8O7S. The lowest BCUT2D eigenvalue weighted by Crippen LogP contribution is -2.75. The Labute approximate surface area is 231 Å². The van der Waals surface area contributed by atoms with Gasteiger partial charge in [0, 0.05) is 25.6 Å². The number of likely N-dealkylation sites (tertiary alicyclic amines) is 1. The van der Waals surface area contributed by atoms with Gasteiger partial charge in [-0.05, 0) is 63.2 Å². The number of carboxylic acid groups (broad SMARTS) is 1. The molecule has 1 fully saturated rings. The van der Waals surface area contributed by atoms with Gasteiger partial charge in [0.05, 0.1) is 24.5 Å². The first kappa shape index (κ1) is 31.8. The predicted octanol–water partition coefficient (Wildman–Crippen LogP) is -1.17. The van der Waals surface area contributed by atoms with Crippen LogP contribution in [0.3, 0.4) is 0 Å². The number of aliphatic carboxylic acids is 1. The molecule has 16 heteroatoms. The van der Waals surface area contributed by atoms with Crippen molar-refractivity contribution in [3.8, 4) is 6.01 Å². The largest absolute Gasteiger partial charge is 0.481 e. The van der Waals surface area contributed by atoms with Gasteiger partial charge in [-0.25, -0.2) is 0 Å². The lowest BCUT2D eigenvalue weighted by molar-refractivity contribution is -0.156. The van der Waals surface area contributed by atoms with Gasteiger partial charge >= 0.3 is 12.0 Å². The second-order valence-corrected chi connectivity index (χ2v) is 10.3. The number of nitrogens with two attached hydrogens (primary N) is 2.